The number of hydrogen-bond acceptors (Lipinski definition) is 2. The summed E-state index contributed by atoms with van der Waals surface area (Å²) in [5.74, 6) is 0.957. The lowest BCUT2D eigenvalue weighted by atomic mass is 9.98. The molecule has 1 saturated heterocycles. The van der Waals surface area contributed by atoms with E-state index in [-0.39, 0.29) is 12.5 Å². The van der Waals surface area contributed by atoms with Gasteiger partial charge in [0.05, 0.1) is 0 Å². The third-order valence-electron chi connectivity index (χ3n) is 4.21. The lowest BCUT2D eigenvalue weighted by molar-refractivity contribution is -0.127. The molecule has 114 valence electrons. The number of piperidine rings is 1. The summed E-state index contributed by atoms with van der Waals surface area (Å²) in [4.78, 5) is 14.0. The molecule has 0 atom stereocenters. The number of hydrogen-bond donors (Lipinski definition) is 1. The van der Waals surface area contributed by atoms with Crippen molar-refractivity contribution in [1.82, 2.24) is 4.90 Å². The number of benzene rings is 1. The molecule has 1 N–H and O–H groups in total. The number of nitrogens with zero attached hydrogens (tertiary/aromatic N) is 1. The Labute approximate surface area is 127 Å². The van der Waals surface area contributed by atoms with Crippen LogP contribution in [0.5, 0.6) is 0 Å². The van der Waals surface area contributed by atoms with Gasteiger partial charge in [0.15, 0.2) is 0 Å². The van der Waals surface area contributed by atoms with Crippen LogP contribution < -0.4 is 0 Å². The van der Waals surface area contributed by atoms with Gasteiger partial charge in [0.25, 0.3) is 0 Å². The third kappa shape index (κ3) is 4.43. The van der Waals surface area contributed by atoms with Crippen molar-refractivity contribution in [3.8, 4) is 0 Å². The molecule has 0 spiro atoms. The Morgan fingerprint density at radius 2 is 1.90 bits per heavy atom. The van der Waals surface area contributed by atoms with Crippen LogP contribution in [0.15, 0.2) is 30.3 Å². The highest BCUT2D eigenvalue weighted by molar-refractivity contribution is 5.91. The van der Waals surface area contributed by atoms with E-state index in [1.807, 2.05) is 11.0 Å². The van der Waals surface area contributed by atoms with Crippen molar-refractivity contribution in [3.63, 3.8) is 0 Å². The number of aliphatic hydroxyl groups excluding tert-OH is 1. The summed E-state index contributed by atoms with van der Waals surface area (Å²) in [6, 6.07) is 8.33. The maximum atomic E-state index is 12.1. The predicted molar refractivity (Wildman–Crippen MR) is 86.0 cm³/mol. The summed E-state index contributed by atoms with van der Waals surface area (Å²) in [6.07, 6.45) is 5.34. The maximum absolute atomic E-state index is 12.1. The van der Waals surface area contributed by atoms with E-state index in [1.165, 1.54) is 5.56 Å². The molecular formula is C18H25NO2. The van der Waals surface area contributed by atoms with E-state index in [2.05, 4.69) is 38.1 Å². The van der Waals surface area contributed by atoms with Gasteiger partial charge >= 0.3 is 0 Å². The molecule has 3 nitrogen and oxygen atoms in total. The fraction of sp³-hybridized carbons (Fsp3) is 0.500. The van der Waals surface area contributed by atoms with Gasteiger partial charge in [-0.15, -0.1) is 0 Å². The van der Waals surface area contributed by atoms with Gasteiger partial charge in [0, 0.05) is 25.8 Å². The number of carbonyl (C=O) groups excluding carboxylic acids is 1. The second-order valence-electron chi connectivity index (χ2n) is 6.11. The van der Waals surface area contributed by atoms with Crippen LogP contribution in [0.3, 0.4) is 0 Å². The summed E-state index contributed by atoms with van der Waals surface area (Å²) in [5, 5.41) is 9.11. The monoisotopic (exact) mass is 287 g/mol. The van der Waals surface area contributed by atoms with Crippen molar-refractivity contribution in [2.24, 2.45) is 5.92 Å². The number of amides is 1. The summed E-state index contributed by atoms with van der Waals surface area (Å²) in [7, 11) is 0. The highest BCUT2D eigenvalue weighted by Crippen LogP contribution is 2.18. The normalized spacial score (nSPS) is 16.9. The molecular weight excluding hydrogens is 262 g/mol. The molecule has 3 heteroatoms. The number of likely N-dealkylation sites (tertiary alicyclic amines) is 1. The molecule has 1 aromatic rings. The van der Waals surface area contributed by atoms with Crippen LogP contribution in [0.25, 0.3) is 6.08 Å². The lowest BCUT2D eigenvalue weighted by Crippen LogP contribution is -2.38. The largest absolute Gasteiger partial charge is 0.396 e. The third-order valence-corrected chi connectivity index (χ3v) is 4.21. The van der Waals surface area contributed by atoms with E-state index in [0.717, 1.165) is 31.5 Å². The molecule has 1 heterocycles. The second-order valence-corrected chi connectivity index (χ2v) is 6.11. The Balaban J connectivity index is 1.90. The van der Waals surface area contributed by atoms with E-state index in [0.29, 0.717) is 11.8 Å². The van der Waals surface area contributed by atoms with E-state index >= 15 is 0 Å². The van der Waals surface area contributed by atoms with Crippen LogP contribution in [0.2, 0.25) is 0 Å². The van der Waals surface area contributed by atoms with Crippen LogP contribution in [0.1, 0.15) is 43.7 Å². The molecule has 0 unspecified atom stereocenters. The van der Waals surface area contributed by atoms with E-state index in [9.17, 15) is 4.79 Å². The van der Waals surface area contributed by atoms with E-state index in [4.69, 9.17) is 5.11 Å². The van der Waals surface area contributed by atoms with Gasteiger partial charge in [-0.05, 0) is 41.9 Å². The van der Waals surface area contributed by atoms with Gasteiger partial charge in [0.2, 0.25) is 5.91 Å². The van der Waals surface area contributed by atoms with Crippen LogP contribution in [-0.4, -0.2) is 35.6 Å². The van der Waals surface area contributed by atoms with Gasteiger partial charge in [-0.2, -0.15) is 0 Å². The Bertz CT molecular complexity index is 482. The number of carbonyl (C=O) groups is 1. The molecule has 21 heavy (non-hydrogen) atoms. The molecule has 0 aliphatic carbocycles. The predicted octanol–water partition coefficient (Wildman–Crippen LogP) is 3.05. The second kappa shape index (κ2) is 7.41. The summed E-state index contributed by atoms with van der Waals surface area (Å²) in [5.41, 5.74) is 2.36. The van der Waals surface area contributed by atoms with Crippen LogP contribution in [-0.2, 0) is 4.79 Å². The SMILES string of the molecule is CC(C)c1ccc(/C=C/C(=O)N2CCC(CO)CC2)cc1. The minimum atomic E-state index is 0.0688. The van der Waals surface area contributed by atoms with Crippen molar-refractivity contribution in [1.29, 1.82) is 0 Å². The first-order chi connectivity index (χ1) is 10.1. The zero-order valence-electron chi connectivity index (χ0n) is 13.0. The van der Waals surface area contributed by atoms with Crippen molar-refractivity contribution in [2.75, 3.05) is 19.7 Å². The van der Waals surface area contributed by atoms with Gasteiger partial charge in [-0.25, -0.2) is 0 Å². The fourth-order valence-electron chi connectivity index (χ4n) is 2.60. The van der Waals surface area contributed by atoms with Crippen molar-refractivity contribution >= 4 is 12.0 Å². The lowest BCUT2D eigenvalue weighted by Gasteiger charge is -2.30. The molecule has 2 rings (SSSR count). The topological polar surface area (TPSA) is 40.5 Å². The first kappa shape index (κ1) is 15.8. The van der Waals surface area contributed by atoms with Crippen LogP contribution in [0.4, 0.5) is 0 Å². The highest BCUT2D eigenvalue weighted by Gasteiger charge is 2.20. The van der Waals surface area contributed by atoms with Crippen LogP contribution >= 0.6 is 0 Å². The first-order valence-electron chi connectivity index (χ1n) is 7.78. The van der Waals surface area contributed by atoms with Crippen molar-refractivity contribution in [3.05, 3.63) is 41.5 Å². The standard InChI is InChI=1S/C18H25NO2/c1-14(2)17-6-3-15(4-7-17)5-8-18(21)19-11-9-16(13-20)10-12-19/h3-8,14,16,20H,9-13H2,1-2H3/b8-5+. The number of aliphatic hydroxyl groups is 1. The Kier molecular flexibility index (Phi) is 5.57. The molecule has 1 fully saturated rings. The minimum Gasteiger partial charge on any atom is -0.396 e. The van der Waals surface area contributed by atoms with Crippen molar-refractivity contribution in [2.45, 2.75) is 32.6 Å². The minimum absolute atomic E-state index is 0.0688. The molecule has 0 saturated carbocycles. The molecule has 1 aliphatic rings. The first-order valence-corrected chi connectivity index (χ1v) is 7.78. The fourth-order valence-corrected chi connectivity index (χ4v) is 2.60. The van der Waals surface area contributed by atoms with E-state index < -0.39 is 0 Å². The number of rotatable bonds is 4. The highest BCUT2D eigenvalue weighted by atomic mass is 16.3. The average Bonchev–Trinajstić information content (AvgIpc) is 2.53. The zero-order chi connectivity index (χ0) is 15.2. The molecule has 0 bridgehead atoms. The molecule has 0 radical (unpaired) electrons. The molecule has 1 aliphatic heterocycles. The van der Waals surface area contributed by atoms with Crippen LogP contribution in [0, 0.1) is 5.92 Å². The summed E-state index contributed by atoms with van der Waals surface area (Å²) in [6.45, 7) is 6.08. The molecule has 0 aromatic heterocycles. The quantitative estimate of drug-likeness (QED) is 0.865. The molecule has 1 amide bonds. The maximum Gasteiger partial charge on any atom is 0.246 e. The van der Waals surface area contributed by atoms with Gasteiger partial charge in [0.1, 0.15) is 0 Å². The van der Waals surface area contributed by atoms with Gasteiger partial charge in [-0.1, -0.05) is 38.1 Å². The summed E-state index contributed by atoms with van der Waals surface area (Å²) >= 11 is 0. The van der Waals surface area contributed by atoms with Crippen molar-refractivity contribution < 1.29 is 9.90 Å². The summed E-state index contributed by atoms with van der Waals surface area (Å²) < 4.78 is 0. The Hall–Kier alpha value is -1.61. The van der Waals surface area contributed by atoms with Gasteiger partial charge in [-0.3, -0.25) is 4.79 Å². The zero-order valence-corrected chi connectivity index (χ0v) is 13.0. The average molecular weight is 287 g/mol. The van der Waals surface area contributed by atoms with E-state index in [1.54, 1.807) is 6.08 Å². The Morgan fingerprint density at radius 3 is 2.43 bits per heavy atom. The Morgan fingerprint density at radius 1 is 1.29 bits per heavy atom. The molecule has 1 aromatic carbocycles. The van der Waals surface area contributed by atoms with Gasteiger partial charge < -0.3 is 10.0 Å². The smallest absolute Gasteiger partial charge is 0.246 e.